The Morgan fingerprint density at radius 1 is 1.22 bits per heavy atom. The molecule has 0 amide bonds. The summed E-state index contributed by atoms with van der Waals surface area (Å²) < 4.78 is 5.91. The molecular formula is C18H22ClN3O. The maximum Gasteiger partial charge on any atom is 0.128 e. The van der Waals surface area contributed by atoms with Gasteiger partial charge in [0, 0.05) is 49.0 Å². The molecule has 0 spiro atoms. The molecule has 4 nitrogen and oxygen atoms in total. The van der Waals surface area contributed by atoms with Crippen molar-refractivity contribution in [3.63, 3.8) is 0 Å². The number of nitrogens with zero attached hydrogens (tertiary/aromatic N) is 3. The molecule has 1 aliphatic heterocycles. The highest BCUT2D eigenvalue weighted by Crippen LogP contribution is 2.24. The molecule has 0 unspecified atom stereocenters. The summed E-state index contributed by atoms with van der Waals surface area (Å²) in [4.78, 5) is 11.3. The maximum atomic E-state index is 5.96. The van der Waals surface area contributed by atoms with Crippen LogP contribution in [0.15, 0.2) is 36.7 Å². The van der Waals surface area contributed by atoms with Crippen LogP contribution in [0.3, 0.4) is 0 Å². The molecule has 1 aromatic heterocycles. The van der Waals surface area contributed by atoms with Gasteiger partial charge < -0.3 is 4.74 Å². The lowest BCUT2D eigenvalue weighted by atomic mass is 10.1. The molecule has 0 radical (unpaired) electrons. The van der Waals surface area contributed by atoms with Crippen molar-refractivity contribution in [1.29, 1.82) is 0 Å². The van der Waals surface area contributed by atoms with E-state index in [-0.39, 0.29) is 6.10 Å². The first-order valence-electron chi connectivity index (χ1n) is 8.14. The van der Waals surface area contributed by atoms with E-state index in [4.69, 9.17) is 16.3 Å². The van der Waals surface area contributed by atoms with Gasteiger partial charge in [-0.05, 0) is 24.1 Å². The van der Waals surface area contributed by atoms with Crippen molar-refractivity contribution in [1.82, 2.24) is 14.9 Å². The molecule has 0 bridgehead atoms. The number of hydrogen-bond donors (Lipinski definition) is 0. The van der Waals surface area contributed by atoms with Crippen molar-refractivity contribution in [2.75, 3.05) is 19.7 Å². The summed E-state index contributed by atoms with van der Waals surface area (Å²) in [5.41, 5.74) is 2.33. The van der Waals surface area contributed by atoms with Gasteiger partial charge >= 0.3 is 0 Å². The van der Waals surface area contributed by atoms with Crippen LogP contribution in [0.2, 0.25) is 5.02 Å². The van der Waals surface area contributed by atoms with E-state index in [0.717, 1.165) is 55.5 Å². The number of halogens is 1. The Bertz CT molecular complexity index is 615. The van der Waals surface area contributed by atoms with Crippen LogP contribution in [-0.2, 0) is 17.7 Å². The van der Waals surface area contributed by atoms with Gasteiger partial charge in [0.15, 0.2) is 0 Å². The third-order valence-corrected chi connectivity index (χ3v) is 4.28. The topological polar surface area (TPSA) is 38.2 Å². The molecule has 2 aromatic rings. The van der Waals surface area contributed by atoms with Gasteiger partial charge in [0.2, 0.25) is 0 Å². The molecule has 1 aliphatic rings. The number of hydrogen-bond acceptors (Lipinski definition) is 4. The SMILES string of the molecule is CCCc1ncc(CN2CCO[C@@H](c3ccc(Cl)cc3)C2)cn1. The predicted octanol–water partition coefficient (Wildman–Crippen LogP) is 3.66. The third kappa shape index (κ3) is 4.50. The lowest BCUT2D eigenvalue weighted by Gasteiger charge is -2.33. The van der Waals surface area contributed by atoms with E-state index in [1.807, 2.05) is 36.7 Å². The zero-order valence-electron chi connectivity index (χ0n) is 13.4. The summed E-state index contributed by atoms with van der Waals surface area (Å²) in [6.07, 6.45) is 6.01. The van der Waals surface area contributed by atoms with Crippen molar-refractivity contribution < 1.29 is 4.74 Å². The molecule has 2 heterocycles. The monoisotopic (exact) mass is 331 g/mol. The summed E-state index contributed by atoms with van der Waals surface area (Å²) in [7, 11) is 0. The number of aryl methyl sites for hydroxylation is 1. The first kappa shape index (κ1) is 16.4. The maximum absolute atomic E-state index is 5.96. The van der Waals surface area contributed by atoms with Crippen LogP contribution >= 0.6 is 11.6 Å². The second-order valence-electron chi connectivity index (χ2n) is 5.90. The first-order chi connectivity index (χ1) is 11.2. The van der Waals surface area contributed by atoms with Crippen LogP contribution in [0.4, 0.5) is 0 Å². The Kier molecular flexibility index (Phi) is 5.60. The van der Waals surface area contributed by atoms with Crippen molar-refractivity contribution >= 4 is 11.6 Å². The summed E-state index contributed by atoms with van der Waals surface area (Å²) in [6.45, 7) is 5.54. The Labute approximate surface area is 142 Å². The standard InChI is InChI=1S/C18H22ClN3O/c1-2-3-18-20-10-14(11-21-18)12-22-8-9-23-17(13-22)15-4-6-16(19)7-5-15/h4-7,10-11,17H,2-3,8-9,12-13H2,1H3/t17-/m1/s1. The second-order valence-corrected chi connectivity index (χ2v) is 6.34. The van der Waals surface area contributed by atoms with E-state index >= 15 is 0 Å². The summed E-state index contributed by atoms with van der Waals surface area (Å²) in [5, 5.41) is 0.755. The van der Waals surface area contributed by atoms with Gasteiger partial charge in [-0.1, -0.05) is 30.7 Å². The van der Waals surface area contributed by atoms with Crippen molar-refractivity contribution in [2.45, 2.75) is 32.4 Å². The minimum absolute atomic E-state index is 0.0984. The van der Waals surface area contributed by atoms with E-state index in [0.29, 0.717) is 0 Å². The minimum Gasteiger partial charge on any atom is -0.371 e. The smallest absolute Gasteiger partial charge is 0.128 e. The lowest BCUT2D eigenvalue weighted by molar-refractivity contribution is -0.0329. The van der Waals surface area contributed by atoms with E-state index in [1.165, 1.54) is 5.56 Å². The Morgan fingerprint density at radius 2 is 1.96 bits per heavy atom. The molecule has 1 fully saturated rings. The highest BCUT2D eigenvalue weighted by molar-refractivity contribution is 6.30. The van der Waals surface area contributed by atoms with Crippen molar-refractivity contribution in [2.24, 2.45) is 0 Å². The number of rotatable bonds is 5. The predicted molar refractivity (Wildman–Crippen MR) is 91.4 cm³/mol. The quantitative estimate of drug-likeness (QED) is 0.838. The number of benzene rings is 1. The molecule has 1 aromatic carbocycles. The Hall–Kier alpha value is -1.49. The van der Waals surface area contributed by atoms with Crippen LogP contribution in [0.1, 0.15) is 36.4 Å². The van der Waals surface area contributed by atoms with Crippen LogP contribution in [0, 0.1) is 0 Å². The fraction of sp³-hybridized carbons (Fsp3) is 0.444. The fourth-order valence-electron chi connectivity index (χ4n) is 2.80. The Morgan fingerprint density at radius 3 is 2.65 bits per heavy atom. The van der Waals surface area contributed by atoms with Gasteiger partial charge in [-0.15, -0.1) is 0 Å². The molecule has 5 heteroatoms. The van der Waals surface area contributed by atoms with E-state index in [1.54, 1.807) is 0 Å². The van der Waals surface area contributed by atoms with Gasteiger partial charge in [0.1, 0.15) is 5.82 Å². The molecule has 122 valence electrons. The number of morpholine rings is 1. The lowest BCUT2D eigenvalue weighted by Crippen LogP contribution is -2.37. The number of ether oxygens (including phenoxy) is 1. The normalized spacial score (nSPS) is 19.0. The number of aromatic nitrogens is 2. The Balaban J connectivity index is 1.61. The van der Waals surface area contributed by atoms with Gasteiger partial charge in [-0.25, -0.2) is 9.97 Å². The van der Waals surface area contributed by atoms with Gasteiger partial charge in [0.25, 0.3) is 0 Å². The van der Waals surface area contributed by atoms with Gasteiger partial charge in [0.05, 0.1) is 12.7 Å². The molecule has 0 saturated carbocycles. The molecule has 1 saturated heterocycles. The average Bonchev–Trinajstić information content (AvgIpc) is 2.58. The summed E-state index contributed by atoms with van der Waals surface area (Å²) in [5.74, 6) is 0.928. The fourth-order valence-corrected chi connectivity index (χ4v) is 2.93. The average molecular weight is 332 g/mol. The summed E-state index contributed by atoms with van der Waals surface area (Å²) in [6, 6.07) is 7.91. The zero-order chi connectivity index (χ0) is 16.1. The molecular weight excluding hydrogens is 310 g/mol. The first-order valence-corrected chi connectivity index (χ1v) is 8.51. The van der Waals surface area contributed by atoms with E-state index < -0.39 is 0 Å². The molecule has 3 rings (SSSR count). The van der Waals surface area contributed by atoms with Crippen LogP contribution in [-0.4, -0.2) is 34.6 Å². The van der Waals surface area contributed by atoms with E-state index in [2.05, 4.69) is 21.8 Å². The van der Waals surface area contributed by atoms with Gasteiger partial charge in [-0.3, -0.25) is 4.90 Å². The molecule has 0 aliphatic carbocycles. The van der Waals surface area contributed by atoms with E-state index in [9.17, 15) is 0 Å². The second kappa shape index (κ2) is 7.86. The van der Waals surface area contributed by atoms with Crippen LogP contribution in [0.25, 0.3) is 0 Å². The minimum atomic E-state index is 0.0984. The van der Waals surface area contributed by atoms with Gasteiger partial charge in [-0.2, -0.15) is 0 Å². The molecule has 0 N–H and O–H groups in total. The van der Waals surface area contributed by atoms with Crippen molar-refractivity contribution in [3.05, 3.63) is 58.6 Å². The van der Waals surface area contributed by atoms with Crippen LogP contribution in [0.5, 0.6) is 0 Å². The summed E-state index contributed by atoms with van der Waals surface area (Å²) >= 11 is 5.96. The zero-order valence-corrected chi connectivity index (χ0v) is 14.2. The molecule has 1 atom stereocenters. The van der Waals surface area contributed by atoms with Crippen LogP contribution < -0.4 is 0 Å². The largest absolute Gasteiger partial charge is 0.371 e. The molecule has 23 heavy (non-hydrogen) atoms. The highest BCUT2D eigenvalue weighted by atomic mass is 35.5. The van der Waals surface area contributed by atoms with Crippen molar-refractivity contribution in [3.8, 4) is 0 Å². The highest BCUT2D eigenvalue weighted by Gasteiger charge is 2.22. The third-order valence-electron chi connectivity index (χ3n) is 4.03.